The smallest absolute Gasteiger partial charge is 0.227 e. The van der Waals surface area contributed by atoms with Crippen LogP contribution in [-0.4, -0.2) is 47.8 Å². The molecule has 4 heteroatoms. The van der Waals surface area contributed by atoms with Crippen molar-refractivity contribution in [2.75, 3.05) is 26.2 Å². The van der Waals surface area contributed by atoms with Crippen molar-refractivity contribution in [2.24, 2.45) is 5.92 Å². The topological polar surface area (TPSA) is 40.6 Å². The molecule has 0 aliphatic carbocycles. The lowest BCUT2D eigenvalue weighted by Gasteiger charge is -2.34. The van der Waals surface area contributed by atoms with Gasteiger partial charge in [-0.3, -0.25) is 9.59 Å². The first-order valence-electron chi connectivity index (χ1n) is 10.7. The van der Waals surface area contributed by atoms with Crippen molar-refractivity contribution in [3.05, 3.63) is 0 Å². The Morgan fingerprint density at radius 1 is 0.920 bits per heavy atom. The Labute approximate surface area is 155 Å². The maximum Gasteiger partial charge on any atom is 0.227 e. The largest absolute Gasteiger partial charge is 0.343 e. The zero-order valence-electron chi connectivity index (χ0n) is 16.9. The third-order valence-corrected chi connectivity index (χ3v) is 5.44. The van der Waals surface area contributed by atoms with Crippen molar-refractivity contribution < 1.29 is 9.59 Å². The van der Waals surface area contributed by atoms with E-state index in [1.54, 1.807) is 0 Å². The predicted octanol–water partition coefficient (Wildman–Crippen LogP) is 4.62. The number of carbonyl (C=O) groups excluding carboxylic acids is 2. The van der Waals surface area contributed by atoms with E-state index in [0.29, 0.717) is 13.0 Å². The van der Waals surface area contributed by atoms with E-state index in [1.165, 1.54) is 38.5 Å². The number of hydrogen-bond donors (Lipinski definition) is 0. The minimum Gasteiger partial charge on any atom is -0.343 e. The van der Waals surface area contributed by atoms with Gasteiger partial charge in [0.15, 0.2) is 0 Å². The molecule has 0 N–H and O–H groups in total. The van der Waals surface area contributed by atoms with Gasteiger partial charge in [-0.05, 0) is 33.1 Å². The van der Waals surface area contributed by atoms with E-state index >= 15 is 0 Å². The average molecular weight is 353 g/mol. The third-order valence-electron chi connectivity index (χ3n) is 5.44. The fourth-order valence-corrected chi connectivity index (χ4v) is 3.77. The van der Waals surface area contributed by atoms with Crippen LogP contribution in [-0.2, 0) is 9.59 Å². The van der Waals surface area contributed by atoms with Gasteiger partial charge in [-0.2, -0.15) is 0 Å². The van der Waals surface area contributed by atoms with Crippen LogP contribution in [0.3, 0.4) is 0 Å². The molecule has 0 aromatic heterocycles. The molecular weight excluding hydrogens is 312 g/mol. The maximum atomic E-state index is 12.5. The van der Waals surface area contributed by atoms with E-state index in [2.05, 4.69) is 6.92 Å². The number of unbranched alkanes of at least 4 members (excludes halogenated alkanes) is 7. The normalized spacial score (nSPS) is 17.6. The first kappa shape index (κ1) is 22.0. The third kappa shape index (κ3) is 8.24. The highest BCUT2D eigenvalue weighted by molar-refractivity contribution is 5.81. The molecular formula is C21H40N2O2. The molecule has 1 heterocycles. The second-order valence-electron chi connectivity index (χ2n) is 7.41. The Balaban J connectivity index is 2.23. The van der Waals surface area contributed by atoms with Gasteiger partial charge in [0.25, 0.3) is 0 Å². The molecule has 1 rings (SSSR count). The summed E-state index contributed by atoms with van der Waals surface area (Å²) in [6.45, 7) is 9.27. The Kier molecular flexibility index (Phi) is 11.6. The SMILES string of the molecule is CCCCCCCCCCC(=O)N1CCCC(C(=O)N(CC)CC)C1. The van der Waals surface area contributed by atoms with Crippen LogP contribution >= 0.6 is 0 Å². The number of carbonyl (C=O) groups is 2. The highest BCUT2D eigenvalue weighted by Gasteiger charge is 2.30. The van der Waals surface area contributed by atoms with Gasteiger partial charge in [0.05, 0.1) is 5.92 Å². The Morgan fingerprint density at radius 3 is 2.12 bits per heavy atom. The molecule has 2 amide bonds. The van der Waals surface area contributed by atoms with Crippen molar-refractivity contribution in [3.63, 3.8) is 0 Å². The van der Waals surface area contributed by atoms with Gasteiger partial charge in [-0.1, -0.05) is 51.9 Å². The fraction of sp³-hybridized carbons (Fsp3) is 0.905. The molecule has 0 radical (unpaired) electrons. The molecule has 0 bridgehead atoms. The number of likely N-dealkylation sites (tertiary alicyclic amines) is 1. The van der Waals surface area contributed by atoms with Gasteiger partial charge < -0.3 is 9.80 Å². The van der Waals surface area contributed by atoms with Crippen LogP contribution in [0.15, 0.2) is 0 Å². The summed E-state index contributed by atoms with van der Waals surface area (Å²) < 4.78 is 0. The van der Waals surface area contributed by atoms with Crippen molar-refractivity contribution in [1.82, 2.24) is 9.80 Å². The summed E-state index contributed by atoms with van der Waals surface area (Å²) in [7, 11) is 0. The van der Waals surface area contributed by atoms with E-state index in [4.69, 9.17) is 0 Å². The summed E-state index contributed by atoms with van der Waals surface area (Å²) in [4.78, 5) is 28.8. The highest BCUT2D eigenvalue weighted by atomic mass is 16.2. The summed E-state index contributed by atoms with van der Waals surface area (Å²) in [6, 6.07) is 0. The maximum absolute atomic E-state index is 12.5. The fourth-order valence-electron chi connectivity index (χ4n) is 3.77. The summed E-state index contributed by atoms with van der Waals surface area (Å²) >= 11 is 0. The Morgan fingerprint density at radius 2 is 1.52 bits per heavy atom. The quantitative estimate of drug-likeness (QED) is 0.481. The number of amides is 2. The number of rotatable bonds is 12. The van der Waals surface area contributed by atoms with Crippen LogP contribution in [0.25, 0.3) is 0 Å². The molecule has 1 aliphatic rings. The van der Waals surface area contributed by atoms with Crippen LogP contribution in [0, 0.1) is 5.92 Å². The summed E-state index contributed by atoms with van der Waals surface area (Å²) in [5.41, 5.74) is 0. The Bertz CT molecular complexity index is 380. The predicted molar refractivity (Wildman–Crippen MR) is 104 cm³/mol. The van der Waals surface area contributed by atoms with Gasteiger partial charge in [-0.15, -0.1) is 0 Å². The van der Waals surface area contributed by atoms with Crippen LogP contribution in [0.1, 0.15) is 91.4 Å². The minimum absolute atomic E-state index is 0.0103. The molecule has 0 aromatic rings. The summed E-state index contributed by atoms with van der Waals surface area (Å²) in [5.74, 6) is 0.494. The van der Waals surface area contributed by atoms with Crippen molar-refractivity contribution >= 4 is 11.8 Å². The van der Waals surface area contributed by atoms with Crippen molar-refractivity contribution in [2.45, 2.75) is 91.4 Å². The van der Waals surface area contributed by atoms with Gasteiger partial charge in [0.1, 0.15) is 0 Å². The van der Waals surface area contributed by atoms with Crippen LogP contribution in [0.5, 0.6) is 0 Å². The monoisotopic (exact) mass is 352 g/mol. The molecule has 0 aromatic carbocycles. The second kappa shape index (κ2) is 13.2. The highest BCUT2D eigenvalue weighted by Crippen LogP contribution is 2.20. The molecule has 1 fully saturated rings. The van der Waals surface area contributed by atoms with Crippen LogP contribution < -0.4 is 0 Å². The van der Waals surface area contributed by atoms with E-state index in [1.807, 2.05) is 23.6 Å². The molecule has 146 valence electrons. The van der Waals surface area contributed by atoms with E-state index in [-0.39, 0.29) is 17.7 Å². The number of nitrogens with zero attached hydrogens (tertiary/aromatic N) is 2. The first-order valence-corrected chi connectivity index (χ1v) is 10.7. The first-order chi connectivity index (χ1) is 12.1. The van der Waals surface area contributed by atoms with Crippen LogP contribution in [0.4, 0.5) is 0 Å². The van der Waals surface area contributed by atoms with E-state index in [9.17, 15) is 9.59 Å². The van der Waals surface area contributed by atoms with Crippen molar-refractivity contribution in [1.29, 1.82) is 0 Å². The average Bonchev–Trinajstić information content (AvgIpc) is 2.64. The molecule has 1 aliphatic heterocycles. The second-order valence-corrected chi connectivity index (χ2v) is 7.41. The molecule has 1 saturated heterocycles. The molecule has 1 atom stereocenters. The van der Waals surface area contributed by atoms with Crippen molar-refractivity contribution in [3.8, 4) is 0 Å². The summed E-state index contributed by atoms with van der Waals surface area (Å²) in [6.07, 6.45) is 12.6. The zero-order chi connectivity index (χ0) is 18.5. The van der Waals surface area contributed by atoms with Gasteiger partial charge in [-0.25, -0.2) is 0 Å². The van der Waals surface area contributed by atoms with E-state index < -0.39 is 0 Å². The number of hydrogen-bond acceptors (Lipinski definition) is 2. The molecule has 0 saturated carbocycles. The molecule has 1 unspecified atom stereocenters. The van der Waals surface area contributed by atoms with Gasteiger partial charge >= 0.3 is 0 Å². The Hall–Kier alpha value is -1.06. The molecule has 0 spiro atoms. The van der Waals surface area contributed by atoms with E-state index in [0.717, 1.165) is 45.3 Å². The standard InChI is InChI=1S/C21H40N2O2/c1-4-7-8-9-10-11-12-13-16-20(24)23-17-14-15-19(18-23)21(25)22(5-2)6-3/h19H,4-18H2,1-3H3. The lowest BCUT2D eigenvalue weighted by atomic mass is 9.96. The van der Waals surface area contributed by atoms with Gasteiger partial charge in [0, 0.05) is 32.6 Å². The zero-order valence-corrected chi connectivity index (χ0v) is 16.9. The minimum atomic E-state index is 0.0103. The van der Waals surface area contributed by atoms with Gasteiger partial charge in [0.2, 0.25) is 11.8 Å². The molecule has 25 heavy (non-hydrogen) atoms. The number of piperidine rings is 1. The lowest BCUT2D eigenvalue weighted by Crippen LogP contribution is -2.46. The van der Waals surface area contributed by atoms with Crippen LogP contribution in [0.2, 0.25) is 0 Å². The molecule has 4 nitrogen and oxygen atoms in total. The summed E-state index contributed by atoms with van der Waals surface area (Å²) in [5, 5.41) is 0. The lowest BCUT2D eigenvalue weighted by molar-refractivity contribution is -0.140.